The van der Waals surface area contributed by atoms with E-state index in [0.717, 1.165) is 27.2 Å². The lowest BCUT2D eigenvalue weighted by molar-refractivity contribution is 0.0967. The van der Waals surface area contributed by atoms with Crippen molar-refractivity contribution < 1.29 is 4.79 Å². The van der Waals surface area contributed by atoms with Crippen molar-refractivity contribution in [3.05, 3.63) is 46.7 Å². The minimum Gasteiger partial charge on any atom is -0.354 e. The molecule has 0 atom stereocenters. The van der Waals surface area contributed by atoms with Crippen molar-refractivity contribution in [2.45, 2.75) is 13.8 Å². The van der Waals surface area contributed by atoms with Gasteiger partial charge in [0.25, 0.3) is 5.91 Å². The van der Waals surface area contributed by atoms with Crippen LogP contribution in [0, 0.1) is 13.8 Å². The van der Waals surface area contributed by atoms with Crippen molar-refractivity contribution in [3.63, 3.8) is 0 Å². The van der Waals surface area contributed by atoms with Crippen molar-refractivity contribution in [2.24, 2.45) is 0 Å². The zero-order valence-corrected chi connectivity index (χ0v) is 12.4. The summed E-state index contributed by atoms with van der Waals surface area (Å²) in [6.07, 6.45) is 3.90. The van der Waals surface area contributed by atoms with E-state index >= 15 is 0 Å². The highest BCUT2D eigenvalue weighted by Gasteiger charge is 2.21. The van der Waals surface area contributed by atoms with Gasteiger partial charge in [0.05, 0.1) is 5.69 Å². The Morgan fingerprint density at radius 1 is 1.30 bits per heavy atom. The van der Waals surface area contributed by atoms with Crippen LogP contribution >= 0.6 is 11.3 Å². The molecule has 3 rings (SSSR count). The fraction of sp³-hybridized carbons (Fsp3) is 0.200. The van der Waals surface area contributed by atoms with E-state index in [2.05, 4.69) is 23.3 Å². The molecule has 0 saturated heterocycles. The second-order valence-corrected chi connectivity index (χ2v) is 5.71. The fourth-order valence-electron chi connectivity index (χ4n) is 2.42. The first-order valence-electron chi connectivity index (χ1n) is 6.38. The molecule has 0 bridgehead atoms. The summed E-state index contributed by atoms with van der Waals surface area (Å²) in [5, 5.41) is 3.76. The van der Waals surface area contributed by atoms with Crippen molar-refractivity contribution in [1.29, 1.82) is 0 Å². The molecule has 0 unspecified atom stereocenters. The van der Waals surface area contributed by atoms with Crippen molar-refractivity contribution in [3.8, 4) is 5.69 Å². The zero-order valence-electron chi connectivity index (χ0n) is 11.6. The van der Waals surface area contributed by atoms with Gasteiger partial charge in [-0.3, -0.25) is 4.79 Å². The molecule has 0 aliphatic heterocycles. The van der Waals surface area contributed by atoms with Crippen molar-refractivity contribution in [2.75, 3.05) is 7.05 Å². The highest BCUT2D eigenvalue weighted by molar-refractivity contribution is 7.21. The maximum Gasteiger partial charge on any atom is 0.263 e. The molecule has 0 spiro atoms. The van der Waals surface area contributed by atoms with Crippen LogP contribution in [-0.4, -0.2) is 22.5 Å². The Kier molecular flexibility index (Phi) is 3.06. The molecule has 0 aliphatic rings. The van der Waals surface area contributed by atoms with Gasteiger partial charge in [0.15, 0.2) is 0 Å². The lowest BCUT2D eigenvalue weighted by atomic mass is 10.1. The summed E-state index contributed by atoms with van der Waals surface area (Å²) < 4.78 is 1.98. The third kappa shape index (κ3) is 1.91. The van der Waals surface area contributed by atoms with E-state index in [1.807, 2.05) is 36.0 Å². The van der Waals surface area contributed by atoms with Crippen LogP contribution < -0.4 is 5.32 Å². The van der Waals surface area contributed by atoms with E-state index in [9.17, 15) is 4.79 Å². The van der Waals surface area contributed by atoms with Crippen LogP contribution in [0.15, 0.2) is 30.6 Å². The molecule has 102 valence electrons. The first-order valence-corrected chi connectivity index (χ1v) is 7.19. The minimum absolute atomic E-state index is 0.0752. The largest absolute Gasteiger partial charge is 0.354 e. The summed E-state index contributed by atoms with van der Waals surface area (Å²) in [6, 6.07) is 5.96. The van der Waals surface area contributed by atoms with Gasteiger partial charge in [-0.2, -0.15) is 0 Å². The summed E-state index contributed by atoms with van der Waals surface area (Å²) in [4.78, 5) is 18.3. The Morgan fingerprint density at radius 3 is 2.65 bits per heavy atom. The Hall–Kier alpha value is -2.14. The highest BCUT2D eigenvalue weighted by atomic mass is 32.1. The van der Waals surface area contributed by atoms with Crippen LogP contribution in [-0.2, 0) is 0 Å². The topological polar surface area (TPSA) is 46.9 Å². The maximum atomic E-state index is 12.2. The number of hydrogen-bond acceptors (Lipinski definition) is 3. The smallest absolute Gasteiger partial charge is 0.263 e. The van der Waals surface area contributed by atoms with Gasteiger partial charge in [-0.1, -0.05) is 0 Å². The summed E-state index contributed by atoms with van der Waals surface area (Å²) >= 11 is 1.44. The molecule has 3 aromatic heterocycles. The normalized spacial score (nSPS) is 10.9. The Balaban J connectivity index is 2.41. The lowest BCUT2D eigenvalue weighted by Gasteiger charge is -2.07. The van der Waals surface area contributed by atoms with E-state index in [-0.39, 0.29) is 5.91 Å². The molecule has 4 nitrogen and oxygen atoms in total. The summed E-state index contributed by atoms with van der Waals surface area (Å²) in [5.41, 5.74) is 3.03. The van der Waals surface area contributed by atoms with Crippen LogP contribution in [0.3, 0.4) is 0 Å². The molecule has 0 aromatic carbocycles. The number of rotatable bonds is 2. The molecule has 0 fully saturated rings. The van der Waals surface area contributed by atoms with E-state index in [4.69, 9.17) is 0 Å². The van der Waals surface area contributed by atoms with Crippen molar-refractivity contribution in [1.82, 2.24) is 14.9 Å². The molecule has 3 heterocycles. The number of fused-ring (bicyclic) bond motifs is 1. The van der Waals surface area contributed by atoms with Gasteiger partial charge >= 0.3 is 0 Å². The van der Waals surface area contributed by atoms with Gasteiger partial charge in [0, 0.05) is 30.5 Å². The molecule has 20 heavy (non-hydrogen) atoms. The second kappa shape index (κ2) is 4.76. The van der Waals surface area contributed by atoms with Crippen LogP contribution in [0.4, 0.5) is 0 Å². The van der Waals surface area contributed by atoms with Gasteiger partial charge < -0.3 is 9.88 Å². The first kappa shape index (κ1) is 12.9. The zero-order chi connectivity index (χ0) is 14.3. The summed E-state index contributed by atoms with van der Waals surface area (Å²) in [7, 11) is 1.65. The van der Waals surface area contributed by atoms with E-state index in [0.29, 0.717) is 4.88 Å². The number of nitrogens with one attached hydrogen (secondary N) is 1. The molecular weight excluding hydrogens is 270 g/mol. The lowest BCUT2D eigenvalue weighted by Crippen LogP contribution is -2.18. The van der Waals surface area contributed by atoms with Crippen LogP contribution in [0.2, 0.25) is 0 Å². The van der Waals surface area contributed by atoms with Gasteiger partial charge in [0.2, 0.25) is 0 Å². The predicted molar refractivity (Wildman–Crippen MR) is 81.8 cm³/mol. The molecule has 0 saturated carbocycles. The Bertz CT molecular complexity index is 787. The number of aryl methyl sites for hydroxylation is 2. The monoisotopic (exact) mass is 285 g/mol. The van der Waals surface area contributed by atoms with Crippen LogP contribution in [0.5, 0.6) is 0 Å². The van der Waals surface area contributed by atoms with E-state index < -0.39 is 0 Å². The number of amides is 1. The molecule has 1 N–H and O–H groups in total. The number of hydrogen-bond donors (Lipinski definition) is 1. The Labute approximate surface area is 121 Å². The standard InChI is InChI=1S/C15H15N3OS/c1-9-8-10(2)17-15-11(9)12(18-6-4-5-7-18)13(20-15)14(19)16-3/h4-8H,1-3H3,(H,16,19). The van der Waals surface area contributed by atoms with Gasteiger partial charge in [-0.15, -0.1) is 11.3 Å². The predicted octanol–water partition coefficient (Wildman–Crippen LogP) is 3.06. The maximum absolute atomic E-state index is 12.2. The third-order valence-corrected chi connectivity index (χ3v) is 4.33. The van der Waals surface area contributed by atoms with Gasteiger partial charge in [-0.25, -0.2) is 4.98 Å². The fourth-order valence-corrected chi connectivity index (χ4v) is 3.66. The molecular formula is C15H15N3OS. The Morgan fingerprint density at radius 2 is 2.00 bits per heavy atom. The number of pyridine rings is 1. The van der Waals surface area contributed by atoms with Gasteiger partial charge in [0.1, 0.15) is 9.71 Å². The molecule has 1 amide bonds. The van der Waals surface area contributed by atoms with Crippen molar-refractivity contribution >= 4 is 27.5 Å². The average molecular weight is 285 g/mol. The number of aromatic nitrogens is 2. The number of carbonyl (C=O) groups is 1. The van der Waals surface area contributed by atoms with E-state index in [1.165, 1.54) is 11.3 Å². The average Bonchev–Trinajstić information content (AvgIpc) is 3.03. The minimum atomic E-state index is -0.0752. The summed E-state index contributed by atoms with van der Waals surface area (Å²) in [6.45, 7) is 4.03. The number of nitrogens with zero attached hydrogens (tertiary/aromatic N) is 2. The summed E-state index contributed by atoms with van der Waals surface area (Å²) in [5.74, 6) is -0.0752. The molecule has 5 heteroatoms. The number of thiophene rings is 1. The molecule has 0 radical (unpaired) electrons. The second-order valence-electron chi connectivity index (χ2n) is 4.71. The SMILES string of the molecule is CNC(=O)c1sc2nc(C)cc(C)c2c1-n1cccc1. The number of carbonyl (C=O) groups excluding carboxylic acids is 1. The molecule has 3 aromatic rings. The van der Waals surface area contributed by atoms with E-state index in [1.54, 1.807) is 7.05 Å². The molecule has 0 aliphatic carbocycles. The van der Waals surface area contributed by atoms with Crippen LogP contribution in [0.25, 0.3) is 15.9 Å². The van der Waals surface area contributed by atoms with Gasteiger partial charge in [-0.05, 0) is 37.6 Å². The quantitative estimate of drug-likeness (QED) is 0.786. The third-order valence-electron chi connectivity index (χ3n) is 3.26. The van der Waals surface area contributed by atoms with Crippen LogP contribution in [0.1, 0.15) is 20.9 Å². The highest BCUT2D eigenvalue weighted by Crippen LogP contribution is 2.35. The first-order chi connectivity index (χ1) is 9.61.